The minimum absolute atomic E-state index is 0.0100. The average Bonchev–Trinajstić information content (AvgIpc) is 2.62. The maximum atomic E-state index is 12.5. The number of anilines is 1. The van der Waals surface area contributed by atoms with Crippen LogP contribution in [-0.2, 0) is 16.4 Å². The van der Waals surface area contributed by atoms with Crippen LogP contribution in [0, 0.1) is 13.8 Å². The number of aryl methyl sites for hydroxylation is 3. The summed E-state index contributed by atoms with van der Waals surface area (Å²) in [6.07, 6.45) is 2.16. The summed E-state index contributed by atoms with van der Waals surface area (Å²) in [7, 11) is -1.57. The minimum Gasteiger partial charge on any atom is -0.366 e. The van der Waals surface area contributed by atoms with E-state index >= 15 is 0 Å². The van der Waals surface area contributed by atoms with Crippen LogP contribution in [0.5, 0.6) is 0 Å². The van der Waals surface area contributed by atoms with Crippen LogP contribution in [0.15, 0.2) is 41.4 Å². The Morgan fingerprint density at radius 1 is 1.19 bits per heavy atom. The quantitative estimate of drug-likeness (QED) is 0.515. The molecule has 7 heteroatoms. The summed E-state index contributed by atoms with van der Waals surface area (Å²) in [6.45, 7) is 6.67. The SMILES string of the molecule is CCN(C)C=Nc1cc(C)c(NS(=O)(=O)CCc2ccccc2C)cc1Cl. The van der Waals surface area contributed by atoms with Crippen molar-refractivity contribution in [3.8, 4) is 0 Å². The molecule has 0 heterocycles. The van der Waals surface area contributed by atoms with Crippen LogP contribution in [0.2, 0.25) is 5.02 Å². The molecule has 146 valence electrons. The first-order valence-corrected chi connectivity index (χ1v) is 10.8. The highest BCUT2D eigenvalue weighted by molar-refractivity contribution is 7.92. The van der Waals surface area contributed by atoms with Crippen molar-refractivity contribution in [2.75, 3.05) is 24.1 Å². The molecular formula is C20H26ClN3O2S. The van der Waals surface area contributed by atoms with Gasteiger partial charge in [-0.3, -0.25) is 4.72 Å². The number of sulfonamides is 1. The van der Waals surface area contributed by atoms with E-state index in [1.807, 2.05) is 57.0 Å². The van der Waals surface area contributed by atoms with Crippen LogP contribution in [0.4, 0.5) is 11.4 Å². The zero-order chi connectivity index (χ0) is 20.0. The molecule has 0 aliphatic heterocycles. The van der Waals surface area contributed by atoms with E-state index in [1.54, 1.807) is 18.5 Å². The smallest absolute Gasteiger partial charge is 0.233 e. The predicted octanol–water partition coefficient (Wildman–Crippen LogP) is 4.55. The predicted molar refractivity (Wildman–Crippen MR) is 115 cm³/mol. The molecule has 0 fully saturated rings. The van der Waals surface area contributed by atoms with Crippen molar-refractivity contribution in [2.45, 2.75) is 27.2 Å². The maximum Gasteiger partial charge on any atom is 0.233 e. The first kappa shape index (κ1) is 21.3. The van der Waals surface area contributed by atoms with E-state index < -0.39 is 10.0 Å². The van der Waals surface area contributed by atoms with Crippen LogP contribution in [-0.4, -0.2) is 39.0 Å². The van der Waals surface area contributed by atoms with Gasteiger partial charge in [-0.05, 0) is 56.0 Å². The number of hydrogen-bond acceptors (Lipinski definition) is 3. The summed E-state index contributed by atoms with van der Waals surface area (Å²) >= 11 is 6.28. The molecule has 0 radical (unpaired) electrons. The second-order valence-corrected chi connectivity index (χ2v) is 8.78. The van der Waals surface area contributed by atoms with Gasteiger partial charge in [0, 0.05) is 13.6 Å². The summed E-state index contributed by atoms with van der Waals surface area (Å²) in [5.41, 5.74) is 3.98. The second-order valence-electron chi connectivity index (χ2n) is 6.53. The zero-order valence-corrected chi connectivity index (χ0v) is 17.7. The van der Waals surface area contributed by atoms with Gasteiger partial charge in [-0.15, -0.1) is 0 Å². The van der Waals surface area contributed by atoms with Gasteiger partial charge in [-0.2, -0.15) is 0 Å². The molecule has 0 aliphatic carbocycles. The van der Waals surface area contributed by atoms with Gasteiger partial charge in [0.05, 0.1) is 28.5 Å². The molecule has 0 aromatic heterocycles. The Morgan fingerprint density at radius 2 is 1.89 bits per heavy atom. The standard InChI is InChI=1S/C20H26ClN3O2S/c1-5-24(4)14-22-20-12-16(3)19(13-18(20)21)23-27(25,26)11-10-17-9-7-6-8-15(17)2/h6-9,12-14,23H,5,10-11H2,1-4H3. The van der Waals surface area contributed by atoms with E-state index in [-0.39, 0.29) is 5.75 Å². The molecular weight excluding hydrogens is 382 g/mol. The maximum absolute atomic E-state index is 12.5. The third-order valence-electron chi connectivity index (χ3n) is 4.35. The summed E-state index contributed by atoms with van der Waals surface area (Å²) < 4.78 is 27.6. The average molecular weight is 408 g/mol. The van der Waals surface area contributed by atoms with Crippen LogP contribution in [0.1, 0.15) is 23.6 Å². The molecule has 5 nitrogen and oxygen atoms in total. The van der Waals surface area contributed by atoms with E-state index in [9.17, 15) is 8.42 Å². The van der Waals surface area contributed by atoms with Gasteiger partial charge >= 0.3 is 0 Å². The number of nitrogens with zero attached hydrogens (tertiary/aromatic N) is 2. The Labute approximate surface area is 167 Å². The van der Waals surface area contributed by atoms with Crippen LogP contribution in [0.3, 0.4) is 0 Å². The Morgan fingerprint density at radius 3 is 2.56 bits per heavy atom. The molecule has 27 heavy (non-hydrogen) atoms. The molecule has 2 aromatic rings. The van der Waals surface area contributed by atoms with Crippen LogP contribution < -0.4 is 4.72 Å². The molecule has 0 aliphatic rings. The van der Waals surface area contributed by atoms with Crippen molar-refractivity contribution in [1.82, 2.24) is 4.90 Å². The van der Waals surface area contributed by atoms with Crippen molar-refractivity contribution in [1.29, 1.82) is 0 Å². The first-order valence-electron chi connectivity index (χ1n) is 8.81. The summed E-state index contributed by atoms with van der Waals surface area (Å²) in [5.74, 6) is 0.0100. The molecule has 0 saturated carbocycles. The van der Waals surface area contributed by atoms with Gasteiger partial charge in [0.1, 0.15) is 0 Å². The van der Waals surface area contributed by atoms with Crippen molar-refractivity contribution in [2.24, 2.45) is 4.99 Å². The van der Waals surface area contributed by atoms with Crippen molar-refractivity contribution in [3.05, 3.63) is 58.1 Å². The van der Waals surface area contributed by atoms with Gasteiger partial charge in [0.2, 0.25) is 10.0 Å². The summed E-state index contributed by atoms with van der Waals surface area (Å²) in [4.78, 5) is 6.28. The summed E-state index contributed by atoms with van der Waals surface area (Å²) in [6, 6.07) is 11.2. The van der Waals surface area contributed by atoms with Crippen molar-refractivity contribution >= 4 is 39.3 Å². The highest BCUT2D eigenvalue weighted by Gasteiger charge is 2.14. The number of nitrogens with one attached hydrogen (secondary N) is 1. The van der Waals surface area contributed by atoms with Gasteiger partial charge < -0.3 is 4.90 Å². The topological polar surface area (TPSA) is 61.8 Å². The fourth-order valence-corrected chi connectivity index (χ4v) is 3.83. The number of hydrogen-bond donors (Lipinski definition) is 1. The lowest BCUT2D eigenvalue weighted by atomic mass is 10.1. The van der Waals surface area contributed by atoms with Crippen molar-refractivity contribution < 1.29 is 8.42 Å². The number of rotatable bonds is 8. The number of aliphatic imine (C=N–C) groups is 1. The Hall–Kier alpha value is -2.05. The molecule has 2 aromatic carbocycles. The number of benzene rings is 2. The molecule has 0 amide bonds. The van der Waals surface area contributed by atoms with E-state index in [1.165, 1.54) is 0 Å². The molecule has 0 atom stereocenters. The van der Waals surface area contributed by atoms with Gasteiger partial charge in [-0.1, -0.05) is 35.9 Å². The van der Waals surface area contributed by atoms with E-state index in [2.05, 4.69) is 9.71 Å². The highest BCUT2D eigenvalue weighted by Crippen LogP contribution is 2.31. The molecule has 0 spiro atoms. The normalized spacial score (nSPS) is 11.7. The molecule has 0 bridgehead atoms. The fourth-order valence-electron chi connectivity index (χ4n) is 2.47. The van der Waals surface area contributed by atoms with Crippen LogP contribution in [0.25, 0.3) is 0 Å². The minimum atomic E-state index is -3.49. The van der Waals surface area contributed by atoms with E-state index in [0.29, 0.717) is 22.8 Å². The zero-order valence-electron chi connectivity index (χ0n) is 16.2. The van der Waals surface area contributed by atoms with Gasteiger partial charge in [0.25, 0.3) is 0 Å². The highest BCUT2D eigenvalue weighted by atomic mass is 35.5. The Balaban J connectivity index is 2.12. The van der Waals surface area contributed by atoms with Gasteiger partial charge in [0.15, 0.2) is 0 Å². The van der Waals surface area contributed by atoms with Crippen molar-refractivity contribution in [3.63, 3.8) is 0 Å². The third kappa shape index (κ3) is 6.26. The third-order valence-corrected chi connectivity index (χ3v) is 5.93. The van der Waals surface area contributed by atoms with Crippen LogP contribution >= 0.6 is 11.6 Å². The molecule has 2 rings (SSSR count). The lowest BCUT2D eigenvalue weighted by Gasteiger charge is -2.13. The molecule has 1 N–H and O–H groups in total. The summed E-state index contributed by atoms with van der Waals surface area (Å²) in [5, 5.41) is 0.401. The Bertz CT molecular complexity index is 927. The van der Waals surface area contributed by atoms with E-state index in [0.717, 1.165) is 23.2 Å². The number of halogens is 1. The first-order chi connectivity index (χ1) is 12.7. The Kier molecular flexibility index (Phi) is 7.27. The lowest BCUT2D eigenvalue weighted by molar-refractivity contribution is 0.552. The molecule has 0 unspecified atom stereocenters. The lowest BCUT2D eigenvalue weighted by Crippen LogP contribution is -2.19. The molecule has 0 saturated heterocycles. The van der Waals surface area contributed by atoms with Gasteiger partial charge in [-0.25, -0.2) is 13.4 Å². The fraction of sp³-hybridized carbons (Fsp3) is 0.350. The second kappa shape index (κ2) is 9.24. The monoisotopic (exact) mass is 407 g/mol. The largest absolute Gasteiger partial charge is 0.366 e. The van der Waals surface area contributed by atoms with E-state index in [4.69, 9.17) is 11.6 Å².